The fraction of sp³-hybridized carbons (Fsp3) is 1.00. The Morgan fingerprint density at radius 2 is 1.86 bits per heavy atom. The van der Waals surface area contributed by atoms with E-state index in [-0.39, 0.29) is 0 Å². The van der Waals surface area contributed by atoms with Crippen LogP contribution in [0.3, 0.4) is 0 Å². The molecule has 1 N–H and O–H groups in total. The molecule has 0 aromatic heterocycles. The van der Waals surface area contributed by atoms with Crippen molar-refractivity contribution in [3.05, 3.63) is 0 Å². The van der Waals surface area contributed by atoms with Crippen molar-refractivity contribution >= 4 is 0 Å². The van der Waals surface area contributed by atoms with Gasteiger partial charge in [-0.1, -0.05) is 20.8 Å². The molecular weight excluding hydrogens is 262 g/mol. The number of piperazine rings is 1. The molecule has 4 nitrogen and oxygen atoms in total. The molecule has 2 aliphatic rings. The highest BCUT2D eigenvalue weighted by molar-refractivity contribution is 4.84. The first-order valence-electron chi connectivity index (χ1n) is 8.95. The van der Waals surface area contributed by atoms with E-state index in [0.29, 0.717) is 12.0 Å². The van der Waals surface area contributed by atoms with Crippen molar-refractivity contribution in [1.29, 1.82) is 0 Å². The van der Waals surface area contributed by atoms with Crippen LogP contribution in [0.4, 0.5) is 0 Å². The van der Waals surface area contributed by atoms with Crippen molar-refractivity contribution in [2.75, 3.05) is 59.0 Å². The van der Waals surface area contributed by atoms with E-state index in [9.17, 15) is 0 Å². The Balaban J connectivity index is 1.73. The fourth-order valence-corrected chi connectivity index (χ4v) is 3.58. The second-order valence-corrected chi connectivity index (χ2v) is 7.18. The molecule has 2 rings (SSSR count). The Morgan fingerprint density at radius 1 is 1.14 bits per heavy atom. The lowest BCUT2D eigenvalue weighted by Gasteiger charge is -2.40. The topological polar surface area (TPSA) is 27.7 Å². The van der Waals surface area contributed by atoms with Gasteiger partial charge in [0, 0.05) is 57.8 Å². The quantitative estimate of drug-likeness (QED) is 0.773. The highest BCUT2D eigenvalue weighted by atomic mass is 16.5. The fourth-order valence-electron chi connectivity index (χ4n) is 3.58. The second-order valence-electron chi connectivity index (χ2n) is 7.18. The van der Waals surface area contributed by atoms with Gasteiger partial charge in [0.2, 0.25) is 0 Å². The highest BCUT2D eigenvalue weighted by Gasteiger charge is 2.28. The maximum Gasteiger partial charge on any atom is 0.0521 e. The summed E-state index contributed by atoms with van der Waals surface area (Å²) in [5.74, 6) is 1.45. The number of nitrogens with zero attached hydrogens (tertiary/aromatic N) is 2. The molecule has 0 aromatic carbocycles. The molecule has 2 heterocycles. The monoisotopic (exact) mass is 297 g/mol. The molecular formula is C17H35N3O. The first-order valence-corrected chi connectivity index (χ1v) is 8.95. The Morgan fingerprint density at radius 3 is 2.52 bits per heavy atom. The van der Waals surface area contributed by atoms with Gasteiger partial charge in [-0.2, -0.15) is 0 Å². The average molecular weight is 297 g/mol. The third-order valence-electron chi connectivity index (χ3n) is 4.71. The zero-order valence-corrected chi connectivity index (χ0v) is 14.3. The van der Waals surface area contributed by atoms with Crippen LogP contribution in [0.5, 0.6) is 0 Å². The highest BCUT2D eigenvalue weighted by Crippen LogP contribution is 2.17. The van der Waals surface area contributed by atoms with Crippen molar-refractivity contribution in [3.63, 3.8) is 0 Å². The minimum absolute atomic E-state index is 0.660. The molecule has 0 saturated carbocycles. The van der Waals surface area contributed by atoms with Gasteiger partial charge in [-0.05, 0) is 25.3 Å². The largest absolute Gasteiger partial charge is 0.381 e. The molecule has 124 valence electrons. The molecule has 2 saturated heterocycles. The Bertz CT molecular complexity index is 277. The summed E-state index contributed by atoms with van der Waals surface area (Å²) >= 11 is 0. The summed E-state index contributed by atoms with van der Waals surface area (Å²) in [5, 5.41) is 3.73. The number of hydrogen-bond donors (Lipinski definition) is 1. The molecule has 2 fully saturated rings. The van der Waals surface area contributed by atoms with Gasteiger partial charge in [0.25, 0.3) is 0 Å². The van der Waals surface area contributed by atoms with E-state index >= 15 is 0 Å². The summed E-state index contributed by atoms with van der Waals surface area (Å²) in [6.07, 6.45) is 2.40. The van der Waals surface area contributed by atoms with Gasteiger partial charge in [-0.15, -0.1) is 0 Å². The molecule has 2 atom stereocenters. The summed E-state index contributed by atoms with van der Waals surface area (Å²) in [7, 11) is 0. The van der Waals surface area contributed by atoms with E-state index < -0.39 is 0 Å². The summed E-state index contributed by atoms with van der Waals surface area (Å²) in [5.41, 5.74) is 0. The van der Waals surface area contributed by atoms with Gasteiger partial charge >= 0.3 is 0 Å². The summed E-state index contributed by atoms with van der Waals surface area (Å²) in [6, 6.07) is 0.660. The van der Waals surface area contributed by atoms with Crippen LogP contribution in [0.25, 0.3) is 0 Å². The predicted octanol–water partition coefficient (Wildman–Crippen LogP) is 1.66. The van der Waals surface area contributed by atoms with Crippen molar-refractivity contribution in [1.82, 2.24) is 15.1 Å². The van der Waals surface area contributed by atoms with Crippen molar-refractivity contribution in [2.24, 2.45) is 11.8 Å². The zero-order valence-electron chi connectivity index (χ0n) is 14.3. The average Bonchev–Trinajstić information content (AvgIpc) is 2.48. The van der Waals surface area contributed by atoms with Crippen LogP contribution in [0.1, 0.15) is 33.6 Å². The summed E-state index contributed by atoms with van der Waals surface area (Å²) in [6.45, 7) is 17.3. The SMILES string of the molecule is CCCNC1CCOCC1CN1CCN(CC(C)C)CC1. The lowest BCUT2D eigenvalue weighted by Crippen LogP contribution is -2.53. The Hall–Kier alpha value is -0.160. The van der Waals surface area contributed by atoms with Crippen LogP contribution in [-0.4, -0.2) is 74.9 Å². The molecule has 0 aromatic rings. The van der Waals surface area contributed by atoms with E-state index in [1.165, 1.54) is 52.1 Å². The minimum Gasteiger partial charge on any atom is -0.381 e. The number of hydrogen-bond acceptors (Lipinski definition) is 4. The summed E-state index contributed by atoms with van der Waals surface area (Å²) in [4.78, 5) is 5.27. The van der Waals surface area contributed by atoms with E-state index in [4.69, 9.17) is 4.74 Å². The molecule has 21 heavy (non-hydrogen) atoms. The summed E-state index contributed by atoms with van der Waals surface area (Å²) < 4.78 is 5.73. The molecule has 2 unspecified atom stereocenters. The van der Waals surface area contributed by atoms with Gasteiger partial charge in [0.05, 0.1) is 6.61 Å². The van der Waals surface area contributed by atoms with Crippen LogP contribution < -0.4 is 5.32 Å². The number of nitrogens with one attached hydrogen (secondary N) is 1. The lowest BCUT2D eigenvalue weighted by molar-refractivity contribution is 0.00821. The third kappa shape index (κ3) is 5.85. The van der Waals surface area contributed by atoms with Gasteiger partial charge in [-0.3, -0.25) is 0 Å². The van der Waals surface area contributed by atoms with Crippen molar-refractivity contribution in [2.45, 2.75) is 39.7 Å². The standard InChI is InChI=1S/C17H35N3O/c1-4-6-18-17-5-11-21-14-16(17)13-20-9-7-19(8-10-20)12-15(2)3/h15-18H,4-14H2,1-3H3. The van der Waals surface area contributed by atoms with Crippen LogP contribution in [0.15, 0.2) is 0 Å². The molecule has 0 bridgehead atoms. The van der Waals surface area contributed by atoms with Crippen molar-refractivity contribution < 1.29 is 4.74 Å². The van der Waals surface area contributed by atoms with Crippen molar-refractivity contribution in [3.8, 4) is 0 Å². The zero-order chi connectivity index (χ0) is 15.1. The van der Waals surface area contributed by atoms with E-state index in [2.05, 4.69) is 35.9 Å². The second kappa shape index (κ2) is 9.09. The van der Waals surface area contributed by atoms with Crippen LogP contribution in [0, 0.1) is 11.8 Å². The van der Waals surface area contributed by atoms with Crippen LogP contribution >= 0.6 is 0 Å². The number of rotatable bonds is 7. The smallest absolute Gasteiger partial charge is 0.0521 e. The molecule has 0 radical (unpaired) electrons. The predicted molar refractivity (Wildman–Crippen MR) is 88.7 cm³/mol. The normalized spacial score (nSPS) is 29.1. The van der Waals surface area contributed by atoms with E-state index in [1.54, 1.807) is 0 Å². The third-order valence-corrected chi connectivity index (χ3v) is 4.71. The first-order chi connectivity index (χ1) is 10.2. The molecule has 4 heteroatoms. The van der Waals surface area contributed by atoms with Gasteiger partial charge in [-0.25, -0.2) is 0 Å². The Labute approximate surface area is 131 Å². The maximum absolute atomic E-state index is 5.73. The first kappa shape index (κ1) is 17.2. The van der Waals surface area contributed by atoms with Crippen LogP contribution in [-0.2, 0) is 4.74 Å². The van der Waals surface area contributed by atoms with Gasteiger partial charge < -0.3 is 19.9 Å². The van der Waals surface area contributed by atoms with Crippen LogP contribution in [0.2, 0.25) is 0 Å². The minimum atomic E-state index is 0.660. The molecule has 2 aliphatic heterocycles. The molecule has 0 spiro atoms. The number of ether oxygens (including phenoxy) is 1. The van der Waals surface area contributed by atoms with Gasteiger partial charge in [0.15, 0.2) is 0 Å². The van der Waals surface area contributed by atoms with E-state index in [0.717, 1.165) is 25.7 Å². The molecule has 0 aliphatic carbocycles. The van der Waals surface area contributed by atoms with E-state index in [1.807, 2.05) is 0 Å². The van der Waals surface area contributed by atoms with Gasteiger partial charge in [0.1, 0.15) is 0 Å². The molecule has 0 amide bonds. The Kier molecular flexibility index (Phi) is 7.44. The lowest BCUT2D eigenvalue weighted by atomic mass is 9.94. The maximum atomic E-state index is 5.73.